The summed E-state index contributed by atoms with van der Waals surface area (Å²) in [5.74, 6) is 1.96. The number of hydrogen-bond donors (Lipinski definition) is 2. The van der Waals surface area contributed by atoms with E-state index < -0.39 is 0 Å². The van der Waals surface area contributed by atoms with Gasteiger partial charge in [-0.15, -0.1) is 0 Å². The Morgan fingerprint density at radius 2 is 1.68 bits per heavy atom. The lowest BCUT2D eigenvalue weighted by molar-refractivity contribution is 0.259. The second-order valence-corrected chi connectivity index (χ2v) is 9.80. The summed E-state index contributed by atoms with van der Waals surface area (Å²) < 4.78 is 6.48. The molecule has 1 unspecified atom stereocenters. The number of allylic oxidation sites excluding steroid dienone is 1. The van der Waals surface area contributed by atoms with Crippen LogP contribution in [0.2, 0.25) is 0 Å². The number of hydrogen-bond acceptors (Lipinski definition) is 4. The molecule has 34 heavy (non-hydrogen) atoms. The molecule has 176 valence electrons. The number of ether oxygens (including phenoxy) is 1. The summed E-state index contributed by atoms with van der Waals surface area (Å²) in [6.07, 6.45) is 3.29. The standard InChI is InChI=1S/C30H33NO3/c1-20-15-17-31(19-20)16-3-4-22-5-7-24(8-6-22)30-29(23-9-11-25(32)12-10-23)21(2)27-14-13-26(33)18-28(27)34-30/h5-14,18,20,30,32-33H,3-4,15-17,19H2,1-2H3/t20-,30?/m1/s1. The fraction of sp³-hybridized carbons (Fsp3) is 0.333. The van der Waals surface area contributed by atoms with Crippen molar-refractivity contribution in [1.82, 2.24) is 4.90 Å². The van der Waals surface area contributed by atoms with Crippen LogP contribution in [0.5, 0.6) is 17.2 Å². The molecule has 3 aromatic rings. The average Bonchev–Trinajstić information content (AvgIpc) is 3.25. The van der Waals surface area contributed by atoms with Gasteiger partial charge in [0.15, 0.2) is 0 Å². The smallest absolute Gasteiger partial charge is 0.150 e. The highest BCUT2D eigenvalue weighted by Gasteiger charge is 2.29. The maximum atomic E-state index is 10.0. The van der Waals surface area contributed by atoms with Crippen molar-refractivity contribution in [3.8, 4) is 17.2 Å². The van der Waals surface area contributed by atoms with Gasteiger partial charge in [-0.05, 0) is 91.7 Å². The van der Waals surface area contributed by atoms with Gasteiger partial charge in [-0.3, -0.25) is 0 Å². The number of fused-ring (bicyclic) bond motifs is 1. The second kappa shape index (κ2) is 9.55. The third kappa shape index (κ3) is 4.69. The molecule has 2 heterocycles. The Hall–Kier alpha value is -3.24. The van der Waals surface area contributed by atoms with Crippen LogP contribution >= 0.6 is 0 Å². The number of phenolic OH excluding ortho intramolecular Hbond substituents is 2. The highest BCUT2D eigenvalue weighted by Crippen LogP contribution is 2.47. The first-order valence-corrected chi connectivity index (χ1v) is 12.3. The topological polar surface area (TPSA) is 52.9 Å². The van der Waals surface area contributed by atoms with E-state index in [4.69, 9.17) is 4.74 Å². The van der Waals surface area contributed by atoms with Crippen LogP contribution < -0.4 is 4.74 Å². The van der Waals surface area contributed by atoms with Gasteiger partial charge in [-0.1, -0.05) is 43.3 Å². The quantitative estimate of drug-likeness (QED) is 0.449. The minimum Gasteiger partial charge on any atom is -0.508 e. The molecular formula is C30H33NO3. The van der Waals surface area contributed by atoms with Crippen LogP contribution in [0.15, 0.2) is 66.7 Å². The summed E-state index contributed by atoms with van der Waals surface area (Å²) >= 11 is 0. The molecule has 0 amide bonds. The van der Waals surface area contributed by atoms with Crippen LogP contribution in [-0.2, 0) is 6.42 Å². The minimum atomic E-state index is -0.293. The van der Waals surface area contributed by atoms with Crippen molar-refractivity contribution in [2.75, 3.05) is 19.6 Å². The number of likely N-dealkylation sites (tertiary alicyclic amines) is 1. The van der Waals surface area contributed by atoms with Crippen molar-refractivity contribution in [2.24, 2.45) is 5.92 Å². The molecule has 3 aromatic carbocycles. The first kappa shape index (κ1) is 22.5. The fourth-order valence-electron chi connectivity index (χ4n) is 5.28. The number of aromatic hydroxyl groups is 2. The lowest BCUT2D eigenvalue weighted by Gasteiger charge is -2.31. The summed E-state index contributed by atoms with van der Waals surface area (Å²) in [4.78, 5) is 2.58. The third-order valence-corrected chi connectivity index (χ3v) is 7.19. The van der Waals surface area contributed by atoms with E-state index >= 15 is 0 Å². The first-order valence-electron chi connectivity index (χ1n) is 12.3. The number of phenols is 2. The maximum Gasteiger partial charge on any atom is 0.150 e. The van der Waals surface area contributed by atoms with Crippen molar-refractivity contribution >= 4 is 11.1 Å². The molecule has 2 aliphatic rings. The van der Waals surface area contributed by atoms with E-state index in [1.807, 2.05) is 18.2 Å². The van der Waals surface area contributed by atoms with Gasteiger partial charge < -0.3 is 19.8 Å². The molecule has 5 rings (SSSR count). The zero-order chi connectivity index (χ0) is 23.7. The molecule has 1 fully saturated rings. The number of nitrogens with zero attached hydrogens (tertiary/aromatic N) is 1. The highest BCUT2D eigenvalue weighted by molar-refractivity contribution is 5.95. The van der Waals surface area contributed by atoms with E-state index in [0.29, 0.717) is 5.75 Å². The van der Waals surface area contributed by atoms with E-state index in [2.05, 4.69) is 43.0 Å². The van der Waals surface area contributed by atoms with Crippen LogP contribution in [0.3, 0.4) is 0 Å². The Labute approximate surface area is 202 Å². The summed E-state index contributed by atoms with van der Waals surface area (Å²) in [5, 5.41) is 19.8. The van der Waals surface area contributed by atoms with E-state index in [0.717, 1.165) is 40.2 Å². The van der Waals surface area contributed by atoms with Gasteiger partial charge in [0.25, 0.3) is 0 Å². The highest BCUT2D eigenvalue weighted by atomic mass is 16.5. The van der Waals surface area contributed by atoms with E-state index in [1.165, 1.54) is 38.0 Å². The Morgan fingerprint density at radius 1 is 0.941 bits per heavy atom. The molecule has 1 saturated heterocycles. The molecule has 0 aliphatic carbocycles. The van der Waals surface area contributed by atoms with Crippen molar-refractivity contribution in [3.63, 3.8) is 0 Å². The third-order valence-electron chi connectivity index (χ3n) is 7.19. The number of aryl methyl sites for hydroxylation is 1. The van der Waals surface area contributed by atoms with Gasteiger partial charge >= 0.3 is 0 Å². The van der Waals surface area contributed by atoms with Crippen molar-refractivity contribution in [3.05, 3.63) is 89.0 Å². The monoisotopic (exact) mass is 455 g/mol. The van der Waals surface area contributed by atoms with Gasteiger partial charge in [0, 0.05) is 23.7 Å². The van der Waals surface area contributed by atoms with Crippen LogP contribution in [0.25, 0.3) is 11.1 Å². The first-order chi connectivity index (χ1) is 16.5. The minimum absolute atomic E-state index is 0.195. The lowest BCUT2D eigenvalue weighted by atomic mass is 9.86. The van der Waals surface area contributed by atoms with Crippen molar-refractivity contribution in [2.45, 2.75) is 39.2 Å². The number of benzene rings is 3. The predicted octanol–water partition coefficient (Wildman–Crippen LogP) is 6.44. The SMILES string of the molecule is CC1=C(c2ccc(O)cc2)C(c2ccc(CCCN3CC[C@@H](C)C3)cc2)Oc2cc(O)ccc21. The van der Waals surface area contributed by atoms with Crippen LogP contribution in [0.4, 0.5) is 0 Å². The van der Waals surface area contributed by atoms with Gasteiger partial charge in [0.1, 0.15) is 23.4 Å². The summed E-state index contributed by atoms with van der Waals surface area (Å²) in [6.45, 7) is 8.09. The molecule has 2 N–H and O–H groups in total. The predicted molar refractivity (Wildman–Crippen MR) is 137 cm³/mol. The summed E-state index contributed by atoms with van der Waals surface area (Å²) in [6, 6.07) is 21.3. The van der Waals surface area contributed by atoms with Crippen molar-refractivity contribution < 1.29 is 14.9 Å². The van der Waals surface area contributed by atoms with Crippen LogP contribution in [0.1, 0.15) is 55.0 Å². The molecule has 4 heteroatoms. The molecular weight excluding hydrogens is 422 g/mol. The van der Waals surface area contributed by atoms with Gasteiger partial charge in [-0.25, -0.2) is 0 Å². The molecule has 2 aliphatic heterocycles. The largest absolute Gasteiger partial charge is 0.508 e. The Bertz CT molecular complexity index is 1180. The molecule has 4 nitrogen and oxygen atoms in total. The zero-order valence-electron chi connectivity index (χ0n) is 20.0. The molecule has 0 aromatic heterocycles. The Kier molecular flexibility index (Phi) is 6.34. The number of rotatable bonds is 6. The van der Waals surface area contributed by atoms with E-state index in [1.54, 1.807) is 24.3 Å². The summed E-state index contributed by atoms with van der Waals surface area (Å²) in [7, 11) is 0. The molecule has 0 bridgehead atoms. The maximum absolute atomic E-state index is 10.0. The van der Waals surface area contributed by atoms with Crippen LogP contribution in [0, 0.1) is 5.92 Å². The fourth-order valence-corrected chi connectivity index (χ4v) is 5.28. The van der Waals surface area contributed by atoms with Gasteiger partial charge in [-0.2, -0.15) is 0 Å². The summed E-state index contributed by atoms with van der Waals surface area (Å²) in [5.41, 5.74) is 6.60. The molecule has 0 radical (unpaired) electrons. The molecule has 0 saturated carbocycles. The van der Waals surface area contributed by atoms with E-state index in [9.17, 15) is 10.2 Å². The lowest BCUT2D eigenvalue weighted by Crippen LogP contribution is -2.21. The Morgan fingerprint density at radius 3 is 2.38 bits per heavy atom. The molecule has 0 spiro atoms. The van der Waals surface area contributed by atoms with Gasteiger partial charge in [0.2, 0.25) is 0 Å². The zero-order valence-corrected chi connectivity index (χ0v) is 20.0. The van der Waals surface area contributed by atoms with E-state index in [-0.39, 0.29) is 17.6 Å². The second-order valence-electron chi connectivity index (χ2n) is 9.80. The Balaban J connectivity index is 1.39. The normalized spacial score (nSPS) is 20.3. The van der Waals surface area contributed by atoms with Crippen LogP contribution in [-0.4, -0.2) is 34.7 Å². The van der Waals surface area contributed by atoms with Crippen molar-refractivity contribution in [1.29, 1.82) is 0 Å². The van der Waals surface area contributed by atoms with Gasteiger partial charge in [0.05, 0.1) is 0 Å². The molecule has 2 atom stereocenters. The average molecular weight is 456 g/mol.